The van der Waals surface area contributed by atoms with Gasteiger partial charge in [0.15, 0.2) is 0 Å². The maximum atomic E-state index is 12.7. The van der Waals surface area contributed by atoms with Crippen LogP contribution in [0.1, 0.15) is 51.6 Å². The van der Waals surface area contributed by atoms with Gasteiger partial charge in [-0.15, -0.1) is 28.5 Å². The number of halogens is 1. The molecule has 10 nitrogen and oxygen atoms in total. The zero-order chi connectivity index (χ0) is 26.0. The van der Waals surface area contributed by atoms with E-state index >= 15 is 0 Å². The van der Waals surface area contributed by atoms with Gasteiger partial charge in [-0.05, 0) is 71.6 Å². The van der Waals surface area contributed by atoms with Gasteiger partial charge in [-0.25, -0.2) is 0 Å². The summed E-state index contributed by atoms with van der Waals surface area (Å²) < 4.78 is 7.52. The molecule has 12 heteroatoms. The van der Waals surface area contributed by atoms with Crippen LogP contribution in [0.5, 0.6) is 0 Å². The number of carbonyl (C=O) groups is 1. The van der Waals surface area contributed by atoms with Crippen LogP contribution >= 0.6 is 23.4 Å². The first-order chi connectivity index (χ1) is 16.6. The molecule has 0 aliphatic carbocycles. The van der Waals surface area contributed by atoms with Crippen LogP contribution < -0.4 is 10.6 Å². The number of aliphatic hydroxyl groups excluding tert-OH is 3. The molecule has 3 heterocycles. The van der Waals surface area contributed by atoms with Crippen LogP contribution in [0.4, 0.5) is 0 Å². The number of aliphatic hydroxyl groups is 3. The van der Waals surface area contributed by atoms with E-state index in [0.29, 0.717) is 11.3 Å². The summed E-state index contributed by atoms with van der Waals surface area (Å²) in [5.74, 6) is 0.438. The number of aromatic nitrogens is 3. The largest absolute Gasteiger partial charge is 0.388 e. The summed E-state index contributed by atoms with van der Waals surface area (Å²) in [5, 5.41) is 44.7. The predicted octanol–water partition coefficient (Wildman–Crippen LogP) is 1.05. The van der Waals surface area contributed by atoms with Gasteiger partial charge in [0.25, 0.3) is 0 Å². The predicted molar refractivity (Wildman–Crippen MR) is 137 cm³/mol. The van der Waals surface area contributed by atoms with Gasteiger partial charge in [-0.3, -0.25) is 9.48 Å². The summed E-state index contributed by atoms with van der Waals surface area (Å²) in [6.07, 6.45) is 4.11. The average Bonchev–Trinajstić information content (AvgIpc) is 3.08. The van der Waals surface area contributed by atoms with Crippen LogP contribution in [0, 0.1) is 12.8 Å². The zero-order valence-electron chi connectivity index (χ0n) is 21.1. The highest BCUT2D eigenvalue weighted by Crippen LogP contribution is 2.27. The minimum atomic E-state index is -1.30. The van der Waals surface area contributed by atoms with Gasteiger partial charge in [0.1, 0.15) is 29.9 Å². The van der Waals surface area contributed by atoms with Gasteiger partial charge in [-0.1, -0.05) is 5.21 Å². The molecule has 7 unspecified atom stereocenters. The molecule has 3 rings (SSSR count). The van der Waals surface area contributed by atoms with Crippen molar-refractivity contribution in [2.45, 2.75) is 101 Å². The number of thioether (sulfide) groups is 1. The van der Waals surface area contributed by atoms with E-state index in [1.165, 1.54) is 11.8 Å². The Morgan fingerprint density at radius 3 is 2.63 bits per heavy atom. The zero-order valence-corrected chi connectivity index (χ0v) is 22.7. The van der Waals surface area contributed by atoms with E-state index in [4.69, 9.17) is 16.3 Å². The smallest absolute Gasteiger partial charge is 0.237 e. The quantitative estimate of drug-likeness (QED) is 0.309. The number of nitrogens with zero attached hydrogens (tertiary/aromatic N) is 3. The number of rotatable bonds is 8. The maximum absolute atomic E-state index is 12.7. The van der Waals surface area contributed by atoms with E-state index < -0.39 is 29.9 Å². The van der Waals surface area contributed by atoms with Crippen molar-refractivity contribution in [2.24, 2.45) is 5.92 Å². The molecule has 1 aromatic heterocycles. The second kappa shape index (κ2) is 15.3. The molecule has 2 saturated heterocycles. The summed E-state index contributed by atoms with van der Waals surface area (Å²) in [7, 11) is 0. The molecule has 7 atom stereocenters. The Morgan fingerprint density at radius 1 is 1.29 bits per heavy atom. The highest BCUT2D eigenvalue weighted by Gasteiger charge is 2.43. The third-order valence-electron chi connectivity index (χ3n) is 6.15. The number of carbonyl (C=O) groups excluding carboxylic acids is 1. The Labute approximate surface area is 217 Å². The Kier molecular flexibility index (Phi) is 13.3. The van der Waals surface area contributed by atoms with E-state index in [1.807, 2.05) is 31.6 Å². The second-order valence-corrected chi connectivity index (χ2v) is 11.3. The van der Waals surface area contributed by atoms with Crippen molar-refractivity contribution in [2.75, 3.05) is 19.3 Å². The standard InChI is InChI=1S/C20H35N5O5S.C3H7Cl/c1-12-11-25(24-23-12)9-3-4-13-5-6-14(21-8-7-13)19(29)22-10-15-16(26)17(27)18(28)20(30-15)31-2;1-3(2)4/h11,13-18,20-21,26-28H,3-10H2,1-2H3,(H,22,29);3H,1-2H3. The van der Waals surface area contributed by atoms with Crippen LogP contribution in [0.3, 0.4) is 0 Å². The summed E-state index contributed by atoms with van der Waals surface area (Å²) in [5.41, 5.74) is 0.284. The third-order valence-corrected chi connectivity index (χ3v) is 7.01. The molecule has 0 spiro atoms. The Morgan fingerprint density at radius 2 is 2.00 bits per heavy atom. The number of amides is 1. The number of alkyl halides is 1. The Bertz CT molecular complexity index is 753. The number of nitrogens with one attached hydrogen (secondary N) is 2. The lowest BCUT2D eigenvalue weighted by Gasteiger charge is -2.40. The van der Waals surface area contributed by atoms with Crippen LogP contribution in [0.2, 0.25) is 0 Å². The SMILES string of the molecule is CC(C)Cl.CSC1OC(CNC(=O)C2CCC(CCCn3cc(C)nn3)CCN2)C(O)C(O)C1O. The van der Waals surface area contributed by atoms with Crippen molar-refractivity contribution >= 4 is 29.3 Å². The van der Waals surface area contributed by atoms with Crippen LogP contribution in [0.25, 0.3) is 0 Å². The number of ether oxygens (including phenoxy) is 1. The minimum Gasteiger partial charge on any atom is -0.388 e. The van der Waals surface area contributed by atoms with Gasteiger partial charge in [0, 0.05) is 24.7 Å². The molecule has 2 aliphatic heterocycles. The fraction of sp³-hybridized carbons (Fsp3) is 0.870. The fourth-order valence-electron chi connectivity index (χ4n) is 4.27. The highest BCUT2D eigenvalue weighted by atomic mass is 35.5. The topological polar surface area (TPSA) is 142 Å². The molecule has 1 amide bonds. The van der Waals surface area contributed by atoms with E-state index in [2.05, 4.69) is 20.9 Å². The van der Waals surface area contributed by atoms with Crippen LogP contribution in [0.15, 0.2) is 6.20 Å². The highest BCUT2D eigenvalue weighted by molar-refractivity contribution is 7.99. The fourth-order valence-corrected chi connectivity index (χ4v) is 4.97. The molecule has 2 aliphatic rings. The van der Waals surface area contributed by atoms with Crippen molar-refractivity contribution in [3.05, 3.63) is 11.9 Å². The van der Waals surface area contributed by atoms with Crippen molar-refractivity contribution < 1.29 is 24.9 Å². The molecule has 0 radical (unpaired) electrons. The second-order valence-electron chi connectivity index (χ2n) is 9.51. The first-order valence-corrected chi connectivity index (χ1v) is 14.1. The third kappa shape index (κ3) is 10.1. The van der Waals surface area contributed by atoms with Crippen LogP contribution in [-0.2, 0) is 16.1 Å². The Balaban J connectivity index is 0.00000100. The first-order valence-electron chi connectivity index (χ1n) is 12.4. The lowest BCUT2D eigenvalue weighted by molar-refractivity contribution is -0.196. The summed E-state index contributed by atoms with van der Waals surface area (Å²) in [6, 6.07) is -0.282. The molecule has 0 aromatic carbocycles. The van der Waals surface area contributed by atoms with Gasteiger partial charge in [0.2, 0.25) is 5.91 Å². The monoisotopic (exact) mass is 535 g/mol. The number of hydrogen-bond acceptors (Lipinski definition) is 9. The molecular weight excluding hydrogens is 494 g/mol. The molecule has 35 heavy (non-hydrogen) atoms. The number of aryl methyl sites for hydroxylation is 2. The molecule has 1 aromatic rings. The van der Waals surface area contributed by atoms with E-state index in [0.717, 1.165) is 50.9 Å². The summed E-state index contributed by atoms with van der Waals surface area (Å²) in [4.78, 5) is 12.7. The lowest BCUT2D eigenvalue weighted by Crippen LogP contribution is -2.59. The first kappa shape index (κ1) is 30.3. The summed E-state index contributed by atoms with van der Waals surface area (Å²) in [6.45, 7) is 7.52. The van der Waals surface area contributed by atoms with Crippen molar-refractivity contribution in [3.8, 4) is 0 Å². The Hall–Kier alpha value is -0.950. The average molecular weight is 536 g/mol. The molecule has 0 saturated carbocycles. The normalized spacial score (nSPS) is 31.4. The lowest BCUT2D eigenvalue weighted by atomic mass is 9.94. The van der Waals surface area contributed by atoms with Crippen molar-refractivity contribution in [3.63, 3.8) is 0 Å². The van der Waals surface area contributed by atoms with Crippen molar-refractivity contribution in [1.82, 2.24) is 25.6 Å². The molecule has 0 bridgehead atoms. The molecule has 2 fully saturated rings. The van der Waals surface area contributed by atoms with E-state index in [9.17, 15) is 20.1 Å². The van der Waals surface area contributed by atoms with Crippen molar-refractivity contribution in [1.29, 1.82) is 0 Å². The van der Waals surface area contributed by atoms with E-state index in [1.54, 1.807) is 6.26 Å². The molecule has 5 N–H and O–H groups in total. The minimum absolute atomic E-state index is 0.0831. The molecule has 202 valence electrons. The number of hydrogen-bond donors (Lipinski definition) is 5. The van der Waals surface area contributed by atoms with Crippen LogP contribution in [-0.4, -0.2) is 96.8 Å². The molecular formula is C23H42ClN5O5S. The van der Waals surface area contributed by atoms with E-state index in [-0.39, 0.29) is 18.5 Å². The summed E-state index contributed by atoms with van der Waals surface area (Å²) >= 11 is 6.53. The van der Waals surface area contributed by atoms with Gasteiger partial charge < -0.3 is 30.7 Å². The van der Waals surface area contributed by atoms with Gasteiger partial charge in [-0.2, -0.15) is 0 Å². The van der Waals surface area contributed by atoms with Gasteiger partial charge >= 0.3 is 0 Å². The maximum Gasteiger partial charge on any atom is 0.237 e. The van der Waals surface area contributed by atoms with Gasteiger partial charge in [0.05, 0.1) is 11.7 Å².